The summed E-state index contributed by atoms with van der Waals surface area (Å²) in [6, 6.07) is 16.7. The van der Waals surface area contributed by atoms with Crippen LogP contribution in [0, 0.1) is 5.41 Å². The van der Waals surface area contributed by atoms with Crippen LogP contribution in [-0.4, -0.2) is 5.84 Å². The summed E-state index contributed by atoms with van der Waals surface area (Å²) in [7, 11) is 0. The van der Waals surface area contributed by atoms with Crippen LogP contribution in [0.25, 0.3) is 0 Å². The third kappa shape index (κ3) is 3.59. The van der Waals surface area contributed by atoms with Gasteiger partial charge in [0, 0.05) is 16.1 Å². The minimum atomic E-state index is 0.184. The molecular formula is C22H25ClN2. The zero-order valence-corrected chi connectivity index (χ0v) is 15.4. The number of anilines is 1. The molecule has 2 aromatic rings. The summed E-state index contributed by atoms with van der Waals surface area (Å²) in [5, 5.41) is 4.47. The molecule has 4 rings (SSSR count). The number of nitrogens with one attached hydrogen (secondary N) is 1. The third-order valence-corrected chi connectivity index (χ3v) is 5.91. The van der Waals surface area contributed by atoms with Gasteiger partial charge < -0.3 is 5.32 Å². The zero-order chi connectivity index (χ0) is 17.1. The average molecular weight is 353 g/mol. The fourth-order valence-electron chi connectivity index (χ4n) is 4.34. The van der Waals surface area contributed by atoms with Gasteiger partial charge in [0.05, 0.1) is 6.54 Å². The van der Waals surface area contributed by atoms with Gasteiger partial charge in [-0.2, -0.15) is 0 Å². The number of amidine groups is 1. The fourth-order valence-corrected chi connectivity index (χ4v) is 4.55. The molecule has 0 atom stereocenters. The molecule has 0 amide bonds. The summed E-state index contributed by atoms with van der Waals surface area (Å²) in [5.74, 6) is 1.19. The quantitative estimate of drug-likeness (QED) is 0.678. The average Bonchev–Trinajstić information content (AvgIpc) is 2.86. The Kier molecular flexibility index (Phi) is 4.80. The van der Waals surface area contributed by atoms with Crippen LogP contribution in [0.2, 0.25) is 5.02 Å². The van der Waals surface area contributed by atoms with Crippen LogP contribution in [0.3, 0.4) is 0 Å². The van der Waals surface area contributed by atoms with Gasteiger partial charge in [-0.1, -0.05) is 67.6 Å². The highest BCUT2D eigenvalue weighted by atomic mass is 35.5. The molecule has 0 saturated heterocycles. The zero-order valence-electron chi connectivity index (χ0n) is 14.6. The number of hydrogen-bond acceptors (Lipinski definition) is 1. The SMILES string of the molecule is Clc1cccc(CN=C2Nc3ccccc3CC23CCCCCC3)c1. The first-order valence-electron chi connectivity index (χ1n) is 9.40. The topological polar surface area (TPSA) is 24.4 Å². The Bertz CT molecular complexity index is 773. The highest BCUT2D eigenvalue weighted by Gasteiger charge is 2.40. The molecule has 3 heteroatoms. The van der Waals surface area contributed by atoms with Crippen molar-refractivity contribution in [1.29, 1.82) is 0 Å². The van der Waals surface area contributed by atoms with Crippen molar-refractivity contribution in [1.82, 2.24) is 0 Å². The van der Waals surface area contributed by atoms with Gasteiger partial charge >= 0.3 is 0 Å². The Balaban J connectivity index is 1.67. The predicted molar refractivity (Wildman–Crippen MR) is 106 cm³/mol. The second kappa shape index (κ2) is 7.21. The third-order valence-electron chi connectivity index (χ3n) is 5.67. The fraction of sp³-hybridized carbons (Fsp3) is 0.409. The molecule has 0 unspecified atom stereocenters. The van der Waals surface area contributed by atoms with E-state index >= 15 is 0 Å². The minimum absolute atomic E-state index is 0.184. The molecular weight excluding hydrogens is 328 g/mol. The van der Waals surface area contributed by atoms with Gasteiger partial charge in [0.1, 0.15) is 5.84 Å². The van der Waals surface area contributed by atoms with Crippen molar-refractivity contribution in [2.75, 3.05) is 5.32 Å². The summed E-state index contributed by atoms with van der Waals surface area (Å²) in [6.45, 7) is 0.687. The highest BCUT2D eigenvalue weighted by molar-refractivity contribution is 6.30. The van der Waals surface area contributed by atoms with E-state index in [1.807, 2.05) is 18.2 Å². The normalized spacial score (nSPS) is 20.8. The standard InChI is InChI=1S/C22H25ClN2/c23-19-10-7-8-17(14-19)16-24-21-22(12-5-1-2-6-13-22)15-18-9-3-4-11-20(18)25-21/h3-4,7-11,14H,1-2,5-6,12-13,15-16H2,(H,24,25). The molecule has 1 aliphatic heterocycles. The number of nitrogens with zero attached hydrogens (tertiary/aromatic N) is 1. The van der Waals surface area contributed by atoms with E-state index in [0.29, 0.717) is 6.54 Å². The van der Waals surface area contributed by atoms with E-state index in [0.717, 1.165) is 11.4 Å². The molecule has 25 heavy (non-hydrogen) atoms. The number of aliphatic imine (C=N–C) groups is 1. The number of hydrogen-bond donors (Lipinski definition) is 1. The van der Waals surface area contributed by atoms with Crippen molar-refractivity contribution < 1.29 is 0 Å². The molecule has 1 fully saturated rings. The maximum absolute atomic E-state index is 6.13. The van der Waals surface area contributed by atoms with Gasteiger partial charge in [0.15, 0.2) is 0 Å². The lowest BCUT2D eigenvalue weighted by molar-refractivity contribution is 0.354. The lowest BCUT2D eigenvalue weighted by Gasteiger charge is -2.39. The largest absolute Gasteiger partial charge is 0.343 e. The highest BCUT2D eigenvalue weighted by Crippen LogP contribution is 2.44. The second-order valence-electron chi connectivity index (χ2n) is 7.45. The first-order chi connectivity index (χ1) is 12.3. The maximum atomic E-state index is 6.13. The molecule has 0 radical (unpaired) electrons. The van der Waals surface area contributed by atoms with Gasteiger partial charge in [-0.25, -0.2) is 0 Å². The number of rotatable bonds is 2. The van der Waals surface area contributed by atoms with Crippen molar-refractivity contribution >= 4 is 23.1 Å². The molecule has 1 N–H and O–H groups in total. The smallest absolute Gasteiger partial charge is 0.108 e. The number of para-hydroxylation sites is 1. The Labute approximate surface area is 155 Å². The van der Waals surface area contributed by atoms with E-state index in [-0.39, 0.29) is 5.41 Å². The number of benzene rings is 2. The lowest BCUT2D eigenvalue weighted by Crippen LogP contribution is -2.42. The molecule has 130 valence electrons. The van der Waals surface area contributed by atoms with Crippen LogP contribution in [-0.2, 0) is 13.0 Å². The molecule has 1 spiro atoms. The van der Waals surface area contributed by atoms with Gasteiger partial charge in [-0.15, -0.1) is 0 Å². The summed E-state index contributed by atoms with van der Waals surface area (Å²) >= 11 is 6.13. The van der Waals surface area contributed by atoms with Gasteiger partial charge in [0.25, 0.3) is 0 Å². The van der Waals surface area contributed by atoms with Crippen LogP contribution >= 0.6 is 11.6 Å². The van der Waals surface area contributed by atoms with E-state index in [1.54, 1.807) is 0 Å². The first kappa shape index (κ1) is 16.7. The number of halogens is 1. The van der Waals surface area contributed by atoms with E-state index in [4.69, 9.17) is 16.6 Å². The molecule has 1 aliphatic carbocycles. The van der Waals surface area contributed by atoms with E-state index < -0.39 is 0 Å². The Morgan fingerprint density at radius 3 is 2.56 bits per heavy atom. The monoisotopic (exact) mass is 352 g/mol. The second-order valence-corrected chi connectivity index (χ2v) is 7.88. The van der Waals surface area contributed by atoms with Crippen molar-refractivity contribution in [3.63, 3.8) is 0 Å². The van der Waals surface area contributed by atoms with Crippen LogP contribution in [0.15, 0.2) is 53.5 Å². The summed E-state index contributed by atoms with van der Waals surface area (Å²) < 4.78 is 0. The van der Waals surface area contributed by atoms with Crippen molar-refractivity contribution in [2.24, 2.45) is 10.4 Å². The summed E-state index contributed by atoms with van der Waals surface area (Å²) in [4.78, 5) is 5.06. The predicted octanol–water partition coefficient (Wildman–Crippen LogP) is 6.25. The molecule has 1 heterocycles. The van der Waals surface area contributed by atoms with Gasteiger partial charge in [-0.05, 0) is 48.6 Å². The first-order valence-corrected chi connectivity index (χ1v) is 9.77. The van der Waals surface area contributed by atoms with Crippen LogP contribution in [0.5, 0.6) is 0 Å². The lowest BCUT2D eigenvalue weighted by atomic mass is 9.72. The Morgan fingerprint density at radius 2 is 1.76 bits per heavy atom. The minimum Gasteiger partial charge on any atom is -0.343 e. The molecule has 0 aromatic heterocycles. The molecule has 2 nitrogen and oxygen atoms in total. The molecule has 2 aliphatic rings. The van der Waals surface area contributed by atoms with Crippen molar-refractivity contribution in [3.05, 3.63) is 64.7 Å². The molecule has 2 aromatic carbocycles. The van der Waals surface area contributed by atoms with E-state index in [9.17, 15) is 0 Å². The summed E-state index contributed by atoms with van der Waals surface area (Å²) in [5.41, 5.74) is 4.02. The maximum Gasteiger partial charge on any atom is 0.108 e. The van der Waals surface area contributed by atoms with Crippen LogP contribution < -0.4 is 5.32 Å². The number of fused-ring (bicyclic) bond motifs is 1. The van der Waals surface area contributed by atoms with Gasteiger partial charge in [0.2, 0.25) is 0 Å². The Hall–Kier alpha value is -1.80. The molecule has 0 bridgehead atoms. The van der Waals surface area contributed by atoms with Crippen molar-refractivity contribution in [3.8, 4) is 0 Å². The Morgan fingerprint density at radius 1 is 0.960 bits per heavy atom. The van der Waals surface area contributed by atoms with E-state index in [1.165, 1.54) is 61.2 Å². The molecule has 1 saturated carbocycles. The summed E-state index contributed by atoms with van der Waals surface area (Å²) in [6.07, 6.45) is 8.91. The van der Waals surface area contributed by atoms with Crippen LogP contribution in [0.4, 0.5) is 5.69 Å². The van der Waals surface area contributed by atoms with E-state index in [2.05, 4.69) is 35.6 Å². The van der Waals surface area contributed by atoms with Gasteiger partial charge in [-0.3, -0.25) is 4.99 Å². The van der Waals surface area contributed by atoms with Crippen molar-refractivity contribution in [2.45, 2.75) is 51.5 Å². The van der Waals surface area contributed by atoms with Crippen LogP contribution in [0.1, 0.15) is 49.7 Å².